The Morgan fingerprint density at radius 2 is 1.32 bits per heavy atom. The topological polar surface area (TPSA) is 9.23 Å². The number of rotatable bonds is 9. The first-order valence-corrected chi connectivity index (χ1v) is 13.2. The number of halogens is 4. The van der Waals surface area contributed by atoms with Crippen molar-refractivity contribution in [3.63, 3.8) is 0 Å². The molecule has 37 heavy (non-hydrogen) atoms. The van der Waals surface area contributed by atoms with E-state index in [2.05, 4.69) is 43.3 Å². The van der Waals surface area contributed by atoms with E-state index in [-0.39, 0.29) is 22.8 Å². The molecule has 0 atom stereocenters. The standard InChI is InChI=1S/C32H34F4O/c1-3-6-21-9-11-22(12-10-21)7-4-5-8-23-13-15-24(16-14-23)25-17-18-26(30(34)29(25)33)27-19-20-28(37-2)32(36)31(27)35/h5,8-12,17-20,23-24H,3-4,6-7,13-16H2,1-2H3. The van der Waals surface area contributed by atoms with E-state index in [1.807, 2.05) is 0 Å². The highest BCUT2D eigenvalue weighted by Gasteiger charge is 2.27. The minimum atomic E-state index is -1.26. The van der Waals surface area contributed by atoms with Crippen LogP contribution in [0.15, 0.2) is 60.7 Å². The summed E-state index contributed by atoms with van der Waals surface area (Å²) in [6, 6.07) is 14.1. The zero-order chi connectivity index (χ0) is 26.4. The molecule has 0 bridgehead atoms. The van der Waals surface area contributed by atoms with E-state index in [0.717, 1.165) is 51.4 Å². The molecule has 0 amide bonds. The molecular formula is C32H34F4O. The monoisotopic (exact) mass is 510 g/mol. The number of aryl methyl sites for hydroxylation is 2. The van der Waals surface area contributed by atoms with Crippen LogP contribution in [-0.4, -0.2) is 7.11 Å². The largest absolute Gasteiger partial charge is 0.494 e. The minimum absolute atomic E-state index is 0.0905. The van der Waals surface area contributed by atoms with Gasteiger partial charge in [0.15, 0.2) is 23.2 Å². The maximum absolute atomic E-state index is 15.1. The zero-order valence-corrected chi connectivity index (χ0v) is 21.5. The summed E-state index contributed by atoms with van der Waals surface area (Å²) in [5, 5.41) is 0. The van der Waals surface area contributed by atoms with Crippen LogP contribution in [0.1, 0.15) is 68.1 Å². The van der Waals surface area contributed by atoms with Crippen LogP contribution in [0.25, 0.3) is 11.1 Å². The lowest BCUT2D eigenvalue weighted by Crippen LogP contribution is -2.14. The van der Waals surface area contributed by atoms with Crippen LogP contribution in [0, 0.1) is 29.2 Å². The second-order valence-electron chi connectivity index (χ2n) is 9.92. The van der Waals surface area contributed by atoms with Crippen molar-refractivity contribution in [1.82, 2.24) is 0 Å². The van der Waals surface area contributed by atoms with Gasteiger partial charge >= 0.3 is 0 Å². The van der Waals surface area contributed by atoms with Gasteiger partial charge in [0.1, 0.15) is 0 Å². The van der Waals surface area contributed by atoms with Gasteiger partial charge in [0.25, 0.3) is 0 Å². The maximum Gasteiger partial charge on any atom is 0.201 e. The SMILES string of the molecule is CCCc1ccc(CCC=CC2CCC(c3ccc(-c4ccc(OC)c(F)c4F)c(F)c3F)CC2)cc1. The van der Waals surface area contributed by atoms with Crippen LogP contribution >= 0.6 is 0 Å². The highest BCUT2D eigenvalue weighted by molar-refractivity contribution is 5.66. The van der Waals surface area contributed by atoms with Gasteiger partial charge in [-0.2, -0.15) is 4.39 Å². The van der Waals surface area contributed by atoms with E-state index in [1.165, 1.54) is 42.5 Å². The van der Waals surface area contributed by atoms with Gasteiger partial charge < -0.3 is 4.74 Å². The van der Waals surface area contributed by atoms with Crippen molar-refractivity contribution in [2.75, 3.05) is 7.11 Å². The number of methoxy groups -OCH3 is 1. The van der Waals surface area contributed by atoms with E-state index in [9.17, 15) is 13.2 Å². The molecule has 1 saturated carbocycles. The first-order valence-electron chi connectivity index (χ1n) is 13.2. The lowest BCUT2D eigenvalue weighted by atomic mass is 9.78. The van der Waals surface area contributed by atoms with E-state index in [1.54, 1.807) is 0 Å². The Kier molecular flexibility index (Phi) is 9.07. The quantitative estimate of drug-likeness (QED) is 0.206. The molecule has 1 nitrogen and oxygen atoms in total. The maximum atomic E-state index is 15.1. The lowest BCUT2D eigenvalue weighted by molar-refractivity contribution is 0.363. The molecule has 0 N–H and O–H groups in total. The van der Waals surface area contributed by atoms with Crippen molar-refractivity contribution in [3.05, 3.63) is 101 Å². The van der Waals surface area contributed by atoms with Crippen molar-refractivity contribution >= 4 is 0 Å². The Hall–Kier alpha value is -3.08. The van der Waals surface area contributed by atoms with Crippen LogP contribution in [0.4, 0.5) is 17.6 Å². The summed E-state index contributed by atoms with van der Waals surface area (Å²) in [6.45, 7) is 2.19. The van der Waals surface area contributed by atoms with E-state index >= 15 is 4.39 Å². The summed E-state index contributed by atoms with van der Waals surface area (Å²) in [4.78, 5) is 0. The Morgan fingerprint density at radius 1 is 0.730 bits per heavy atom. The van der Waals surface area contributed by atoms with Crippen LogP contribution in [-0.2, 0) is 12.8 Å². The molecule has 1 aliphatic carbocycles. The third-order valence-electron chi connectivity index (χ3n) is 7.45. The predicted octanol–water partition coefficient (Wildman–Crippen LogP) is 9.33. The van der Waals surface area contributed by atoms with Crippen molar-refractivity contribution < 1.29 is 22.3 Å². The van der Waals surface area contributed by atoms with Crippen LogP contribution < -0.4 is 4.74 Å². The summed E-state index contributed by atoms with van der Waals surface area (Å²) in [5.74, 6) is -4.54. The minimum Gasteiger partial charge on any atom is -0.494 e. The van der Waals surface area contributed by atoms with Gasteiger partial charge in [0.05, 0.1) is 7.11 Å². The molecule has 3 aromatic carbocycles. The van der Waals surface area contributed by atoms with Gasteiger partial charge in [-0.15, -0.1) is 0 Å². The third kappa shape index (κ3) is 6.26. The average Bonchev–Trinajstić information content (AvgIpc) is 2.91. The number of benzene rings is 3. The van der Waals surface area contributed by atoms with Crippen LogP contribution in [0.2, 0.25) is 0 Å². The Morgan fingerprint density at radius 3 is 1.95 bits per heavy atom. The zero-order valence-electron chi connectivity index (χ0n) is 21.5. The van der Waals surface area contributed by atoms with E-state index < -0.39 is 23.3 Å². The molecule has 0 unspecified atom stereocenters. The molecule has 0 heterocycles. The summed E-state index contributed by atoms with van der Waals surface area (Å²) >= 11 is 0. The van der Waals surface area contributed by atoms with Crippen LogP contribution in [0.3, 0.4) is 0 Å². The molecule has 1 aliphatic rings. The molecule has 0 aromatic heterocycles. The van der Waals surface area contributed by atoms with E-state index in [0.29, 0.717) is 11.5 Å². The smallest absolute Gasteiger partial charge is 0.201 e. The highest BCUT2D eigenvalue weighted by Crippen LogP contribution is 2.40. The van der Waals surface area contributed by atoms with Gasteiger partial charge in [0, 0.05) is 11.1 Å². The molecule has 0 spiro atoms. The fourth-order valence-electron chi connectivity index (χ4n) is 5.31. The lowest BCUT2D eigenvalue weighted by Gasteiger charge is -2.27. The Bertz CT molecular complexity index is 1220. The summed E-state index contributed by atoms with van der Waals surface area (Å²) < 4.78 is 63.3. The van der Waals surface area contributed by atoms with Gasteiger partial charge in [-0.1, -0.05) is 61.9 Å². The van der Waals surface area contributed by atoms with Gasteiger partial charge in [-0.05, 0) is 85.6 Å². The summed E-state index contributed by atoms with van der Waals surface area (Å²) in [7, 11) is 1.21. The second kappa shape index (κ2) is 12.4. The average molecular weight is 511 g/mol. The van der Waals surface area contributed by atoms with Gasteiger partial charge in [-0.3, -0.25) is 0 Å². The van der Waals surface area contributed by atoms with Crippen molar-refractivity contribution in [3.8, 4) is 16.9 Å². The molecule has 3 aromatic rings. The first kappa shape index (κ1) is 27.0. The summed E-state index contributed by atoms with van der Waals surface area (Å²) in [6.07, 6.45) is 12.1. The molecule has 4 rings (SSSR count). The molecular weight excluding hydrogens is 476 g/mol. The van der Waals surface area contributed by atoms with Gasteiger partial charge in [-0.25, -0.2) is 13.2 Å². The molecule has 196 valence electrons. The number of hydrogen-bond donors (Lipinski definition) is 0. The van der Waals surface area contributed by atoms with Gasteiger partial charge in [0.2, 0.25) is 5.82 Å². The van der Waals surface area contributed by atoms with Crippen molar-refractivity contribution in [1.29, 1.82) is 0 Å². The van der Waals surface area contributed by atoms with Crippen LogP contribution in [0.5, 0.6) is 5.75 Å². The van der Waals surface area contributed by atoms with Crippen molar-refractivity contribution in [2.45, 2.75) is 64.2 Å². The number of allylic oxidation sites excluding steroid dienone is 2. The summed E-state index contributed by atoms with van der Waals surface area (Å²) in [5.41, 5.74) is 2.41. The molecule has 1 fully saturated rings. The molecule has 0 radical (unpaired) electrons. The highest BCUT2D eigenvalue weighted by atomic mass is 19.2. The second-order valence-corrected chi connectivity index (χ2v) is 9.92. The normalized spacial score (nSPS) is 17.9. The predicted molar refractivity (Wildman–Crippen MR) is 141 cm³/mol. The van der Waals surface area contributed by atoms with E-state index in [4.69, 9.17) is 4.74 Å². The molecule has 0 aliphatic heterocycles. The number of hydrogen-bond acceptors (Lipinski definition) is 1. The Balaban J connectivity index is 1.34. The number of ether oxygens (including phenoxy) is 1. The van der Waals surface area contributed by atoms with Crippen molar-refractivity contribution in [2.24, 2.45) is 5.92 Å². The molecule has 0 saturated heterocycles. The fraction of sp³-hybridized carbons (Fsp3) is 0.375. The molecule has 5 heteroatoms. The Labute approximate surface area is 217 Å². The first-order chi connectivity index (χ1) is 17.9. The fourth-order valence-corrected chi connectivity index (χ4v) is 5.31. The third-order valence-corrected chi connectivity index (χ3v) is 7.45.